The molecule has 1 aromatic rings. The highest BCUT2D eigenvalue weighted by molar-refractivity contribution is 7.79. The highest BCUT2D eigenvalue weighted by Crippen LogP contribution is 2.24. The average Bonchev–Trinajstić information content (AvgIpc) is 2.98. The SMILES string of the molecule is CC.CCC1=CNCC(C(=C\NC)/C(F)=C\C/C=C\C(F)=C\CO)=C1.CCc1ccccc1.CS.CS. The summed E-state index contributed by atoms with van der Waals surface area (Å²) in [6.45, 7) is 8.40. The van der Waals surface area contributed by atoms with Crippen LogP contribution in [0.5, 0.6) is 0 Å². The minimum Gasteiger partial charge on any atom is -0.393 e. The number of dihydropyridines is 1. The number of aliphatic hydroxyl groups is 1. The van der Waals surface area contributed by atoms with Gasteiger partial charge >= 0.3 is 0 Å². The first-order valence-corrected chi connectivity index (χ1v) is 14.3. The Bertz CT molecular complexity index is 846. The van der Waals surface area contributed by atoms with Crippen LogP contribution in [-0.2, 0) is 6.42 Å². The van der Waals surface area contributed by atoms with Gasteiger partial charge in [-0.1, -0.05) is 70.2 Å². The van der Waals surface area contributed by atoms with Crippen molar-refractivity contribution in [3.63, 3.8) is 0 Å². The monoisotopic (exact) mass is 554 g/mol. The smallest absolute Gasteiger partial charge is 0.128 e. The second-order valence-electron chi connectivity index (χ2n) is 6.77. The van der Waals surface area contributed by atoms with Gasteiger partial charge in [-0.2, -0.15) is 25.3 Å². The van der Waals surface area contributed by atoms with Crippen molar-refractivity contribution in [3.05, 3.63) is 107 Å². The van der Waals surface area contributed by atoms with Crippen molar-refractivity contribution >= 4 is 25.3 Å². The van der Waals surface area contributed by atoms with E-state index < -0.39 is 5.83 Å². The Balaban J connectivity index is -0.000000682. The molecule has 0 radical (unpaired) electrons. The second-order valence-corrected chi connectivity index (χ2v) is 6.77. The van der Waals surface area contributed by atoms with Gasteiger partial charge in [0.15, 0.2) is 0 Å². The molecule has 7 heteroatoms. The van der Waals surface area contributed by atoms with Gasteiger partial charge in [0, 0.05) is 25.4 Å². The van der Waals surface area contributed by atoms with Gasteiger partial charge in [-0.3, -0.25) is 0 Å². The van der Waals surface area contributed by atoms with Crippen molar-refractivity contribution in [2.24, 2.45) is 0 Å². The minimum atomic E-state index is -0.538. The van der Waals surface area contributed by atoms with Gasteiger partial charge in [0.05, 0.1) is 6.61 Å². The van der Waals surface area contributed by atoms with Gasteiger partial charge in [-0.05, 0) is 72.9 Å². The number of thiol groups is 2. The molecule has 3 N–H and O–H groups in total. The summed E-state index contributed by atoms with van der Waals surface area (Å²) in [6.07, 6.45) is 16.3. The van der Waals surface area contributed by atoms with Crippen molar-refractivity contribution in [3.8, 4) is 0 Å². The topological polar surface area (TPSA) is 44.3 Å². The Morgan fingerprint density at radius 1 is 1.03 bits per heavy atom. The molecule has 1 aromatic carbocycles. The molecule has 0 aliphatic carbocycles. The van der Waals surface area contributed by atoms with Gasteiger partial charge in [-0.25, -0.2) is 8.78 Å². The Hall–Kier alpha value is -2.22. The Morgan fingerprint density at radius 2 is 1.65 bits per heavy atom. The first-order valence-electron chi connectivity index (χ1n) is 12.5. The maximum atomic E-state index is 14.4. The van der Waals surface area contributed by atoms with E-state index in [1.54, 1.807) is 25.8 Å². The lowest BCUT2D eigenvalue weighted by molar-refractivity contribution is 0.339. The number of nitrogens with one attached hydrogen (secondary N) is 2. The fourth-order valence-corrected chi connectivity index (χ4v) is 2.78. The summed E-state index contributed by atoms with van der Waals surface area (Å²) >= 11 is 7.06. The lowest BCUT2D eigenvalue weighted by atomic mass is 9.99. The second kappa shape index (κ2) is 30.0. The first-order chi connectivity index (χ1) is 18.0. The van der Waals surface area contributed by atoms with Crippen LogP contribution >= 0.6 is 25.3 Å². The molecule has 0 spiro atoms. The summed E-state index contributed by atoms with van der Waals surface area (Å²) in [5, 5.41) is 14.5. The molecule has 0 aromatic heterocycles. The van der Waals surface area contributed by atoms with Crippen molar-refractivity contribution < 1.29 is 13.9 Å². The standard InChI is InChI=1S/C18H24F2N2O.C8H10.C2H6.2CH4S/c1-3-14-10-15(12-22-11-14)17(13-21-2)18(20)7-5-4-6-16(19)8-9-23;1-2-8-6-4-3-5-7-8;3*1-2/h4,6-8,10-11,13,21-23H,3,5,9,12H2,1-2H3;3-7H,2H2,1H3;1-2H3;2*2H,1H3/b6-4-,16-8-,17-13+,18-7+;;;;. The van der Waals surface area contributed by atoms with E-state index in [9.17, 15) is 8.78 Å². The van der Waals surface area contributed by atoms with E-state index in [1.165, 1.54) is 23.8 Å². The van der Waals surface area contributed by atoms with Crippen LogP contribution in [0.4, 0.5) is 8.78 Å². The third-order valence-electron chi connectivity index (χ3n) is 4.49. The molecule has 1 heterocycles. The van der Waals surface area contributed by atoms with Gasteiger partial charge in [0.25, 0.3) is 0 Å². The summed E-state index contributed by atoms with van der Waals surface area (Å²) < 4.78 is 27.5. The molecule has 0 saturated heterocycles. The maximum absolute atomic E-state index is 14.4. The number of benzene rings is 1. The highest BCUT2D eigenvalue weighted by Gasteiger charge is 2.13. The zero-order valence-electron chi connectivity index (χ0n) is 23.6. The molecule has 37 heavy (non-hydrogen) atoms. The van der Waals surface area contributed by atoms with E-state index in [2.05, 4.69) is 67.1 Å². The number of allylic oxidation sites excluding steroid dienone is 7. The summed E-state index contributed by atoms with van der Waals surface area (Å²) in [5.41, 5.74) is 3.87. The molecule has 3 nitrogen and oxygen atoms in total. The predicted molar refractivity (Wildman–Crippen MR) is 168 cm³/mol. The highest BCUT2D eigenvalue weighted by atomic mass is 32.1. The number of aryl methyl sites for hydroxylation is 1. The fourth-order valence-electron chi connectivity index (χ4n) is 2.78. The van der Waals surface area contributed by atoms with E-state index in [0.717, 1.165) is 30.1 Å². The van der Waals surface area contributed by atoms with E-state index in [4.69, 9.17) is 5.11 Å². The number of hydrogen-bond acceptors (Lipinski definition) is 5. The maximum Gasteiger partial charge on any atom is 0.128 e. The molecule has 210 valence electrons. The zero-order chi connectivity index (χ0) is 28.9. The summed E-state index contributed by atoms with van der Waals surface area (Å²) in [6, 6.07) is 10.5. The van der Waals surface area contributed by atoms with Crippen LogP contribution in [-0.4, -0.2) is 37.8 Å². The van der Waals surface area contributed by atoms with Crippen molar-refractivity contribution in [1.82, 2.24) is 10.6 Å². The van der Waals surface area contributed by atoms with Crippen LogP contribution in [0.25, 0.3) is 0 Å². The van der Waals surface area contributed by atoms with Crippen molar-refractivity contribution in [2.45, 2.75) is 47.0 Å². The number of hydrogen-bond donors (Lipinski definition) is 5. The van der Waals surface area contributed by atoms with E-state index >= 15 is 0 Å². The Labute approximate surface area is 236 Å². The average molecular weight is 555 g/mol. The van der Waals surface area contributed by atoms with E-state index in [1.807, 2.05) is 39.1 Å². The van der Waals surface area contributed by atoms with Gasteiger partial charge in [-0.15, -0.1) is 0 Å². The van der Waals surface area contributed by atoms with Crippen molar-refractivity contribution in [1.29, 1.82) is 0 Å². The molecule has 2 rings (SSSR count). The summed E-state index contributed by atoms with van der Waals surface area (Å²) in [4.78, 5) is 0. The molecule has 0 unspecified atom stereocenters. The molecule has 0 fully saturated rings. The van der Waals surface area contributed by atoms with Gasteiger partial charge < -0.3 is 15.7 Å². The number of aliphatic hydroxyl groups excluding tert-OH is 1. The molecular weight excluding hydrogens is 506 g/mol. The van der Waals surface area contributed by atoms with Gasteiger partial charge in [0.2, 0.25) is 0 Å². The lowest BCUT2D eigenvalue weighted by Crippen LogP contribution is -2.17. The molecule has 1 aliphatic heterocycles. The molecule has 0 saturated carbocycles. The first kappa shape index (κ1) is 39.3. The van der Waals surface area contributed by atoms with Crippen LogP contribution in [0.1, 0.15) is 46.1 Å². The minimum absolute atomic E-state index is 0.261. The largest absolute Gasteiger partial charge is 0.393 e. The van der Waals surface area contributed by atoms with Crippen LogP contribution in [0.15, 0.2) is 101 Å². The normalized spacial score (nSPS) is 13.0. The summed E-state index contributed by atoms with van der Waals surface area (Å²) in [5.74, 6) is -0.898. The van der Waals surface area contributed by atoms with Crippen molar-refractivity contribution in [2.75, 3.05) is 32.7 Å². The molecule has 0 bridgehead atoms. The molecule has 0 atom stereocenters. The molecular formula is C30H48F2N2OS2. The third kappa shape index (κ3) is 20.5. The third-order valence-corrected chi connectivity index (χ3v) is 4.49. The Morgan fingerprint density at radius 3 is 2.14 bits per heavy atom. The van der Waals surface area contributed by atoms with Gasteiger partial charge in [0.1, 0.15) is 11.7 Å². The molecule has 0 amide bonds. The van der Waals surface area contributed by atoms with E-state index in [-0.39, 0.29) is 18.9 Å². The Kier molecular flexibility index (Phi) is 31.9. The van der Waals surface area contributed by atoms with Crippen LogP contribution in [0, 0.1) is 0 Å². The predicted octanol–water partition coefficient (Wildman–Crippen LogP) is 7.93. The van der Waals surface area contributed by atoms with Crippen LogP contribution in [0.3, 0.4) is 0 Å². The van der Waals surface area contributed by atoms with Crippen LogP contribution in [0.2, 0.25) is 0 Å². The zero-order valence-corrected chi connectivity index (χ0v) is 25.4. The van der Waals surface area contributed by atoms with E-state index in [0.29, 0.717) is 12.1 Å². The quantitative estimate of drug-likeness (QED) is 0.159. The number of rotatable bonds is 9. The summed E-state index contributed by atoms with van der Waals surface area (Å²) in [7, 11) is 1.72. The fraction of sp³-hybridized carbons (Fsp3) is 0.400. The number of halogens is 2. The lowest BCUT2D eigenvalue weighted by Gasteiger charge is -2.17. The van der Waals surface area contributed by atoms with Crippen LogP contribution < -0.4 is 10.6 Å². The molecule has 1 aliphatic rings.